The Morgan fingerprint density at radius 1 is 1.22 bits per heavy atom. The Kier molecular flexibility index (Phi) is 12.3. The van der Waals surface area contributed by atoms with Crippen molar-refractivity contribution in [2.45, 2.75) is 32.9 Å². The van der Waals surface area contributed by atoms with Crippen LogP contribution >= 0.6 is 35.6 Å². The first-order chi connectivity index (χ1) is 15.2. The zero-order valence-corrected chi connectivity index (χ0v) is 22.1. The van der Waals surface area contributed by atoms with Crippen LogP contribution in [0.15, 0.2) is 35.6 Å². The summed E-state index contributed by atoms with van der Waals surface area (Å²) in [4.78, 5) is 9.49. The first-order valence-electron chi connectivity index (χ1n) is 11.1. The Bertz CT molecular complexity index is 809. The standard InChI is InChI=1S/C22H34ClN7O.HI/c1-3-21-27-26-18-30(21)12-10-25-22(24-9-4-11-29-13-15-31-16-14-29)28(2)17-19-5-7-20(23)8-6-19;/h5-8,18H,3-4,9-17H2,1-2H3,(H,24,25);1H. The van der Waals surface area contributed by atoms with Gasteiger partial charge in [0.25, 0.3) is 0 Å². The number of halogens is 2. The predicted molar refractivity (Wildman–Crippen MR) is 140 cm³/mol. The van der Waals surface area contributed by atoms with Crippen molar-refractivity contribution in [3.8, 4) is 0 Å². The van der Waals surface area contributed by atoms with Gasteiger partial charge in [0.15, 0.2) is 5.96 Å². The molecular weight excluding hydrogens is 541 g/mol. The summed E-state index contributed by atoms with van der Waals surface area (Å²) in [6.45, 7) is 9.98. The van der Waals surface area contributed by atoms with Gasteiger partial charge in [-0.05, 0) is 24.1 Å². The second kappa shape index (κ2) is 14.7. The quantitative estimate of drug-likeness (QED) is 0.203. The van der Waals surface area contributed by atoms with Crippen LogP contribution in [0.25, 0.3) is 0 Å². The van der Waals surface area contributed by atoms with Crippen LogP contribution < -0.4 is 5.32 Å². The third kappa shape index (κ3) is 8.84. The first kappa shape index (κ1) is 26.8. The molecule has 2 aromatic rings. The highest BCUT2D eigenvalue weighted by Gasteiger charge is 2.11. The second-order valence-electron chi connectivity index (χ2n) is 7.72. The molecular formula is C22H35ClIN7O. The molecule has 0 spiro atoms. The van der Waals surface area contributed by atoms with Gasteiger partial charge in [-0.1, -0.05) is 30.7 Å². The summed E-state index contributed by atoms with van der Waals surface area (Å²) in [5.74, 6) is 1.91. The van der Waals surface area contributed by atoms with E-state index in [2.05, 4.69) is 56.0 Å². The number of benzene rings is 1. The number of nitrogens with zero attached hydrogens (tertiary/aromatic N) is 6. The van der Waals surface area contributed by atoms with E-state index in [0.29, 0.717) is 0 Å². The second-order valence-corrected chi connectivity index (χ2v) is 8.15. The predicted octanol–water partition coefficient (Wildman–Crippen LogP) is 2.91. The van der Waals surface area contributed by atoms with E-state index < -0.39 is 0 Å². The number of hydrogen-bond donors (Lipinski definition) is 1. The van der Waals surface area contributed by atoms with Crippen LogP contribution in [0.4, 0.5) is 0 Å². The summed E-state index contributed by atoms with van der Waals surface area (Å²) in [6.07, 6.45) is 3.70. The summed E-state index contributed by atoms with van der Waals surface area (Å²) < 4.78 is 7.51. The van der Waals surface area contributed by atoms with Crippen molar-refractivity contribution in [3.63, 3.8) is 0 Å². The minimum absolute atomic E-state index is 0. The number of aryl methyl sites for hydroxylation is 1. The third-order valence-electron chi connectivity index (χ3n) is 5.34. The number of aliphatic imine (C=N–C) groups is 1. The summed E-state index contributed by atoms with van der Waals surface area (Å²) in [5, 5.41) is 12.4. The number of nitrogens with one attached hydrogen (secondary N) is 1. The highest BCUT2D eigenvalue weighted by molar-refractivity contribution is 14.0. The van der Waals surface area contributed by atoms with Crippen LogP contribution in [0.1, 0.15) is 24.7 Å². The molecule has 2 heterocycles. The van der Waals surface area contributed by atoms with E-state index in [1.165, 1.54) is 5.56 Å². The molecule has 8 nitrogen and oxygen atoms in total. The Balaban J connectivity index is 0.00000363. The van der Waals surface area contributed by atoms with Crippen molar-refractivity contribution in [3.05, 3.63) is 47.0 Å². The fourth-order valence-electron chi connectivity index (χ4n) is 3.58. The lowest BCUT2D eigenvalue weighted by Gasteiger charge is -2.26. The molecule has 0 amide bonds. The molecule has 3 rings (SSSR count). The fourth-order valence-corrected chi connectivity index (χ4v) is 3.71. The third-order valence-corrected chi connectivity index (χ3v) is 5.59. The molecule has 1 aliphatic rings. The zero-order valence-electron chi connectivity index (χ0n) is 19.0. The Morgan fingerprint density at radius 2 is 1.97 bits per heavy atom. The van der Waals surface area contributed by atoms with E-state index in [4.69, 9.17) is 21.3 Å². The van der Waals surface area contributed by atoms with Crippen LogP contribution in [-0.2, 0) is 24.2 Å². The van der Waals surface area contributed by atoms with Gasteiger partial charge in [0.2, 0.25) is 0 Å². The van der Waals surface area contributed by atoms with E-state index >= 15 is 0 Å². The summed E-state index contributed by atoms with van der Waals surface area (Å²) in [7, 11) is 2.07. The van der Waals surface area contributed by atoms with Crippen molar-refractivity contribution in [1.82, 2.24) is 29.9 Å². The van der Waals surface area contributed by atoms with Gasteiger partial charge in [-0.15, -0.1) is 34.2 Å². The molecule has 1 aromatic carbocycles. The molecule has 32 heavy (non-hydrogen) atoms. The number of ether oxygens (including phenoxy) is 1. The van der Waals surface area contributed by atoms with Gasteiger partial charge in [0.1, 0.15) is 12.2 Å². The smallest absolute Gasteiger partial charge is 0.194 e. The number of morpholine rings is 1. The lowest BCUT2D eigenvalue weighted by atomic mass is 10.2. The molecule has 1 aliphatic heterocycles. The van der Waals surface area contributed by atoms with Crippen molar-refractivity contribution in [2.24, 2.45) is 4.99 Å². The molecule has 178 valence electrons. The maximum atomic E-state index is 6.03. The number of guanidine groups is 1. The van der Waals surface area contributed by atoms with Gasteiger partial charge in [0.05, 0.1) is 13.2 Å². The lowest BCUT2D eigenvalue weighted by molar-refractivity contribution is 0.0377. The zero-order chi connectivity index (χ0) is 21.9. The van der Waals surface area contributed by atoms with Crippen LogP contribution in [0.2, 0.25) is 5.02 Å². The Labute approximate surface area is 213 Å². The SMILES string of the molecule is CCc1nncn1CCNC(=NCCCN1CCOCC1)N(C)Cc1ccc(Cl)cc1.I. The van der Waals surface area contributed by atoms with Crippen molar-refractivity contribution >= 4 is 41.5 Å². The summed E-state index contributed by atoms with van der Waals surface area (Å²) in [5.41, 5.74) is 1.20. The fraction of sp³-hybridized carbons (Fsp3) is 0.591. The average molecular weight is 576 g/mol. The van der Waals surface area contributed by atoms with E-state index in [1.807, 2.05) is 12.1 Å². The molecule has 0 radical (unpaired) electrons. The number of hydrogen-bond acceptors (Lipinski definition) is 5. The molecule has 0 unspecified atom stereocenters. The van der Waals surface area contributed by atoms with E-state index in [0.717, 1.165) is 88.7 Å². The van der Waals surface area contributed by atoms with Crippen molar-refractivity contribution in [1.29, 1.82) is 0 Å². The molecule has 1 aromatic heterocycles. The molecule has 1 N–H and O–H groups in total. The highest BCUT2D eigenvalue weighted by Crippen LogP contribution is 2.11. The molecule has 10 heteroatoms. The summed E-state index contributed by atoms with van der Waals surface area (Å²) >= 11 is 6.03. The van der Waals surface area contributed by atoms with Crippen LogP contribution in [0.3, 0.4) is 0 Å². The maximum absolute atomic E-state index is 6.03. The van der Waals surface area contributed by atoms with E-state index in [-0.39, 0.29) is 24.0 Å². The van der Waals surface area contributed by atoms with Crippen LogP contribution in [0, 0.1) is 0 Å². The molecule has 0 atom stereocenters. The minimum atomic E-state index is 0. The number of aromatic nitrogens is 3. The van der Waals surface area contributed by atoms with Gasteiger partial charge in [-0.3, -0.25) is 9.89 Å². The van der Waals surface area contributed by atoms with Gasteiger partial charge < -0.3 is 19.5 Å². The van der Waals surface area contributed by atoms with Crippen molar-refractivity contribution in [2.75, 3.05) is 53.0 Å². The van der Waals surface area contributed by atoms with Crippen molar-refractivity contribution < 1.29 is 4.74 Å². The Morgan fingerprint density at radius 3 is 2.69 bits per heavy atom. The molecule has 0 saturated carbocycles. The molecule has 0 bridgehead atoms. The lowest BCUT2D eigenvalue weighted by Crippen LogP contribution is -2.40. The van der Waals surface area contributed by atoms with E-state index in [1.54, 1.807) is 6.33 Å². The molecule has 1 fully saturated rings. The largest absolute Gasteiger partial charge is 0.379 e. The maximum Gasteiger partial charge on any atom is 0.194 e. The van der Waals surface area contributed by atoms with Gasteiger partial charge in [-0.25, -0.2) is 0 Å². The summed E-state index contributed by atoms with van der Waals surface area (Å²) in [6, 6.07) is 7.96. The molecule has 0 aliphatic carbocycles. The Hall–Kier alpha value is -1.43. The van der Waals surface area contributed by atoms with Gasteiger partial charge in [0, 0.05) is 64.3 Å². The highest BCUT2D eigenvalue weighted by atomic mass is 127. The average Bonchev–Trinajstić information content (AvgIpc) is 3.25. The van der Waals surface area contributed by atoms with Crippen LogP contribution in [-0.4, -0.2) is 83.5 Å². The monoisotopic (exact) mass is 575 g/mol. The normalized spacial score (nSPS) is 14.8. The molecule has 1 saturated heterocycles. The van der Waals surface area contributed by atoms with Gasteiger partial charge in [-0.2, -0.15) is 0 Å². The first-order valence-corrected chi connectivity index (χ1v) is 11.4. The topological polar surface area (TPSA) is 70.8 Å². The van der Waals surface area contributed by atoms with Crippen LogP contribution in [0.5, 0.6) is 0 Å². The van der Waals surface area contributed by atoms with Gasteiger partial charge >= 0.3 is 0 Å². The number of rotatable bonds is 10. The minimum Gasteiger partial charge on any atom is -0.379 e. The van der Waals surface area contributed by atoms with E-state index in [9.17, 15) is 0 Å².